The maximum Gasteiger partial charge on any atom is 0.224 e. The SMILES string of the molecule is CCOc1ccc(-c2n[nH]c(=S)n2CCC(=O)N2CC(C)OCC2C)cc1. The Morgan fingerprint density at radius 2 is 2.11 bits per heavy atom. The Morgan fingerprint density at radius 3 is 2.81 bits per heavy atom. The molecular weight excluding hydrogens is 364 g/mol. The number of hydrogen-bond acceptors (Lipinski definition) is 5. The van der Waals surface area contributed by atoms with Gasteiger partial charge in [0.05, 0.1) is 25.4 Å². The molecule has 1 aromatic heterocycles. The highest BCUT2D eigenvalue weighted by Crippen LogP contribution is 2.22. The summed E-state index contributed by atoms with van der Waals surface area (Å²) in [5, 5.41) is 7.17. The van der Waals surface area contributed by atoms with Crippen molar-refractivity contribution in [3.63, 3.8) is 0 Å². The van der Waals surface area contributed by atoms with Gasteiger partial charge in [-0.15, -0.1) is 0 Å². The summed E-state index contributed by atoms with van der Waals surface area (Å²) >= 11 is 5.37. The Labute approximate surface area is 164 Å². The van der Waals surface area contributed by atoms with Crippen molar-refractivity contribution >= 4 is 18.1 Å². The molecular formula is C19H26N4O3S. The Morgan fingerprint density at radius 1 is 1.37 bits per heavy atom. The lowest BCUT2D eigenvalue weighted by Gasteiger charge is -2.37. The lowest BCUT2D eigenvalue weighted by Crippen LogP contribution is -2.50. The van der Waals surface area contributed by atoms with Crippen molar-refractivity contribution in [2.24, 2.45) is 0 Å². The van der Waals surface area contributed by atoms with E-state index in [0.717, 1.165) is 17.1 Å². The largest absolute Gasteiger partial charge is 0.494 e. The van der Waals surface area contributed by atoms with Crippen LogP contribution in [0, 0.1) is 4.77 Å². The minimum atomic E-state index is 0.0701. The maximum atomic E-state index is 12.7. The third-order valence-corrected chi connectivity index (χ3v) is 4.97. The number of hydrogen-bond donors (Lipinski definition) is 1. The first-order chi connectivity index (χ1) is 13.0. The molecule has 1 aliphatic rings. The first kappa shape index (κ1) is 19.6. The van der Waals surface area contributed by atoms with Gasteiger partial charge in [0.15, 0.2) is 10.6 Å². The summed E-state index contributed by atoms with van der Waals surface area (Å²) in [6, 6.07) is 7.79. The van der Waals surface area contributed by atoms with E-state index in [-0.39, 0.29) is 18.1 Å². The number of aromatic nitrogens is 3. The number of benzene rings is 1. The standard InChI is InChI=1S/C19H26N4O3S/c1-4-25-16-7-5-15(6-8-16)18-20-21-19(27)22(18)10-9-17(24)23-11-14(3)26-12-13(23)2/h5-8,13-14H,4,9-12H2,1-3H3,(H,21,27). The van der Waals surface area contributed by atoms with Crippen LogP contribution in [0.4, 0.5) is 0 Å². The molecule has 2 heterocycles. The lowest BCUT2D eigenvalue weighted by atomic mass is 10.2. The van der Waals surface area contributed by atoms with E-state index < -0.39 is 0 Å². The first-order valence-corrected chi connectivity index (χ1v) is 9.70. The molecule has 27 heavy (non-hydrogen) atoms. The maximum absolute atomic E-state index is 12.7. The second kappa shape index (κ2) is 8.67. The minimum Gasteiger partial charge on any atom is -0.494 e. The highest BCUT2D eigenvalue weighted by atomic mass is 32.1. The van der Waals surface area contributed by atoms with Crippen LogP contribution in [0.1, 0.15) is 27.2 Å². The fourth-order valence-corrected chi connectivity index (χ4v) is 3.44. The average molecular weight is 391 g/mol. The summed E-state index contributed by atoms with van der Waals surface area (Å²) in [5.41, 5.74) is 0.923. The highest BCUT2D eigenvalue weighted by Gasteiger charge is 2.27. The number of morpholine rings is 1. The average Bonchev–Trinajstić information content (AvgIpc) is 3.03. The number of amides is 1. The molecule has 1 saturated heterocycles. The van der Waals surface area contributed by atoms with Gasteiger partial charge in [-0.05, 0) is 57.3 Å². The second-order valence-electron chi connectivity index (χ2n) is 6.75. The topological polar surface area (TPSA) is 72.4 Å². The zero-order valence-corrected chi connectivity index (χ0v) is 16.8. The molecule has 1 amide bonds. The van der Waals surface area contributed by atoms with Crippen LogP contribution in [-0.2, 0) is 16.1 Å². The molecule has 0 bridgehead atoms. The summed E-state index contributed by atoms with van der Waals surface area (Å²) in [7, 11) is 0. The minimum absolute atomic E-state index is 0.0701. The normalized spacial score (nSPS) is 19.9. The molecule has 1 aliphatic heterocycles. The van der Waals surface area contributed by atoms with Crippen LogP contribution in [0.15, 0.2) is 24.3 Å². The van der Waals surface area contributed by atoms with Gasteiger partial charge in [0.2, 0.25) is 5.91 Å². The smallest absolute Gasteiger partial charge is 0.224 e. The van der Waals surface area contributed by atoms with E-state index in [4.69, 9.17) is 21.7 Å². The quantitative estimate of drug-likeness (QED) is 0.768. The lowest BCUT2D eigenvalue weighted by molar-refractivity contribution is -0.143. The van der Waals surface area contributed by atoms with Gasteiger partial charge in [-0.3, -0.25) is 14.5 Å². The summed E-state index contributed by atoms with van der Waals surface area (Å²) in [5.74, 6) is 1.64. The molecule has 1 aromatic carbocycles. The van der Waals surface area contributed by atoms with Gasteiger partial charge in [-0.1, -0.05) is 0 Å². The molecule has 0 radical (unpaired) electrons. The van der Waals surface area contributed by atoms with Gasteiger partial charge in [-0.25, -0.2) is 0 Å². The fourth-order valence-electron chi connectivity index (χ4n) is 3.21. The van der Waals surface area contributed by atoms with Crippen LogP contribution in [0.3, 0.4) is 0 Å². The van der Waals surface area contributed by atoms with Crippen LogP contribution < -0.4 is 4.74 Å². The number of rotatable bonds is 6. The second-order valence-corrected chi connectivity index (χ2v) is 7.14. The van der Waals surface area contributed by atoms with Gasteiger partial charge in [0, 0.05) is 25.1 Å². The molecule has 146 valence electrons. The van der Waals surface area contributed by atoms with E-state index in [1.807, 2.05) is 54.5 Å². The number of nitrogens with zero attached hydrogens (tertiary/aromatic N) is 3. The van der Waals surface area contributed by atoms with Crippen molar-refractivity contribution in [2.45, 2.75) is 45.9 Å². The van der Waals surface area contributed by atoms with Gasteiger partial charge < -0.3 is 14.4 Å². The van der Waals surface area contributed by atoms with Crippen molar-refractivity contribution in [3.8, 4) is 17.1 Å². The fraction of sp³-hybridized carbons (Fsp3) is 0.526. The predicted molar refractivity (Wildman–Crippen MR) is 105 cm³/mol. The van der Waals surface area contributed by atoms with E-state index in [1.165, 1.54) is 0 Å². The monoisotopic (exact) mass is 390 g/mol. The zero-order chi connectivity index (χ0) is 19.4. The van der Waals surface area contributed by atoms with Crippen molar-refractivity contribution in [1.82, 2.24) is 19.7 Å². The molecule has 3 rings (SSSR count). The van der Waals surface area contributed by atoms with Crippen molar-refractivity contribution in [1.29, 1.82) is 0 Å². The summed E-state index contributed by atoms with van der Waals surface area (Å²) in [6.07, 6.45) is 0.440. The Balaban J connectivity index is 1.71. The molecule has 7 nitrogen and oxygen atoms in total. The third-order valence-electron chi connectivity index (χ3n) is 4.66. The van der Waals surface area contributed by atoms with Crippen LogP contribution in [0.25, 0.3) is 11.4 Å². The van der Waals surface area contributed by atoms with Crippen LogP contribution in [-0.4, -0.2) is 57.5 Å². The van der Waals surface area contributed by atoms with Gasteiger partial charge >= 0.3 is 0 Å². The molecule has 0 spiro atoms. The molecule has 2 unspecified atom stereocenters. The number of ether oxygens (including phenoxy) is 2. The van der Waals surface area contributed by atoms with Crippen LogP contribution >= 0.6 is 12.2 Å². The number of nitrogens with one attached hydrogen (secondary N) is 1. The van der Waals surface area contributed by atoms with Gasteiger partial charge in [0.25, 0.3) is 0 Å². The van der Waals surface area contributed by atoms with Crippen molar-refractivity contribution in [2.75, 3.05) is 19.8 Å². The van der Waals surface area contributed by atoms with Gasteiger partial charge in [0.1, 0.15) is 5.75 Å². The number of aromatic amines is 1. The molecule has 2 aromatic rings. The molecule has 1 N–H and O–H groups in total. The summed E-state index contributed by atoms with van der Waals surface area (Å²) in [4.78, 5) is 14.6. The van der Waals surface area contributed by atoms with E-state index in [0.29, 0.717) is 37.5 Å². The van der Waals surface area contributed by atoms with E-state index in [9.17, 15) is 4.79 Å². The first-order valence-electron chi connectivity index (χ1n) is 9.29. The van der Waals surface area contributed by atoms with Crippen LogP contribution in [0.5, 0.6) is 5.75 Å². The summed E-state index contributed by atoms with van der Waals surface area (Å²) in [6.45, 7) is 8.26. The molecule has 1 fully saturated rings. The van der Waals surface area contributed by atoms with Crippen molar-refractivity contribution in [3.05, 3.63) is 29.0 Å². The molecule has 0 aliphatic carbocycles. The van der Waals surface area contributed by atoms with Crippen LogP contribution in [0.2, 0.25) is 0 Å². The number of carbonyl (C=O) groups excluding carboxylic acids is 1. The van der Waals surface area contributed by atoms with E-state index in [1.54, 1.807) is 0 Å². The molecule has 8 heteroatoms. The van der Waals surface area contributed by atoms with Crippen molar-refractivity contribution < 1.29 is 14.3 Å². The Bertz CT molecular complexity index is 830. The summed E-state index contributed by atoms with van der Waals surface area (Å²) < 4.78 is 13.5. The highest BCUT2D eigenvalue weighted by molar-refractivity contribution is 7.71. The third kappa shape index (κ3) is 4.56. The predicted octanol–water partition coefficient (Wildman–Crippen LogP) is 3.03. The van der Waals surface area contributed by atoms with E-state index in [2.05, 4.69) is 10.2 Å². The Hall–Kier alpha value is -2.19. The zero-order valence-electron chi connectivity index (χ0n) is 16.0. The molecule has 0 saturated carbocycles. The van der Waals surface area contributed by atoms with Gasteiger partial charge in [-0.2, -0.15) is 5.10 Å². The Kier molecular flexibility index (Phi) is 6.28. The van der Waals surface area contributed by atoms with E-state index >= 15 is 0 Å². The molecule has 2 atom stereocenters. The number of H-pyrrole nitrogens is 1. The number of carbonyl (C=O) groups is 1.